The predicted molar refractivity (Wildman–Crippen MR) is 111 cm³/mol. The van der Waals surface area contributed by atoms with E-state index in [1.54, 1.807) is 18.7 Å². The molecule has 0 spiro atoms. The summed E-state index contributed by atoms with van der Waals surface area (Å²) in [5.74, 6) is 1.50. The molecule has 29 heavy (non-hydrogen) atoms. The van der Waals surface area contributed by atoms with Gasteiger partial charge < -0.3 is 20.2 Å². The summed E-state index contributed by atoms with van der Waals surface area (Å²) in [6.07, 6.45) is 7.42. The number of rotatable bonds is 7. The number of aliphatic hydroxyl groups is 1. The zero-order chi connectivity index (χ0) is 20.2. The summed E-state index contributed by atoms with van der Waals surface area (Å²) in [5.41, 5.74) is 1.79. The number of hydrogen-bond acceptors (Lipinski definition) is 8. The van der Waals surface area contributed by atoms with E-state index in [0.29, 0.717) is 18.9 Å². The molecule has 0 saturated carbocycles. The standard InChI is InChI=1S/C20H26N8O/c1-26(2)12-17-7-18(29)13-28(17)20-8-19(22-14-23-20)25-16-9-24-27(11-16)10-15-5-3-4-6-21-15/h3-6,8-9,11,14,17-18,29H,7,10,12-13H2,1-2H3,(H,22,23,25)/t17-,18-/m1/s1. The van der Waals surface area contributed by atoms with Crippen molar-refractivity contribution in [3.8, 4) is 0 Å². The van der Waals surface area contributed by atoms with Gasteiger partial charge in [0.05, 0.1) is 30.2 Å². The number of nitrogens with one attached hydrogen (secondary N) is 1. The zero-order valence-corrected chi connectivity index (χ0v) is 16.7. The fourth-order valence-corrected chi connectivity index (χ4v) is 3.66. The SMILES string of the molecule is CN(C)C[C@H]1C[C@@H](O)CN1c1cc(Nc2cnn(Cc3ccccn3)c2)ncn1. The first-order valence-corrected chi connectivity index (χ1v) is 9.67. The van der Waals surface area contributed by atoms with Crippen LogP contribution in [0.2, 0.25) is 0 Å². The highest BCUT2D eigenvalue weighted by Gasteiger charge is 2.32. The molecule has 4 heterocycles. The summed E-state index contributed by atoms with van der Waals surface area (Å²) in [5, 5.41) is 17.8. The van der Waals surface area contributed by atoms with Crippen LogP contribution in [0.1, 0.15) is 12.1 Å². The van der Waals surface area contributed by atoms with E-state index in [2.05, 4.69) is 35.2 Å². The molecule has 9 heteroatoms. The van der Waals surface area contributed by atoms with Gasteiger partial charge in [0.15, 0.2) is 0 Å². The van der Waals surface area contributed by atoms with Gasteiger partial charge in [0.25, 0.3) is 0 Å². The van der Waals surface area contributed by atoms with Gasteiger partial charge in [0, 0.05) is 37.6 Å². The summed E-state index contributed by atoms with van der Waals surface area (Å²) < 4.78 is 1.83. The van der Waals surface area contributed by atoms with Crippen molar-refractivity contribution < 1.29 is 5.11 Å². The van der Waals surface area contributed by atoms with Crippen LogP contribution in [0.4, 0.5) is 17.3 Å². The van der Waals surface area contributed by atoms with Crippen molar-refractivity contribution in [2.24, 2.45) is 0 Å². The van der Waals surface area contributed by atoms with Crippen LogP contribution in [-0.4, -0.2) is 74.1 Å². The van der Waals surface area contributed by atoms with Gasteiger partial charge >= 0.3 is 0 Å². The van der Waals surface area contributed by atoms with Crippen LogP contribution in [0, 0.1) is 0 Å². The average molecular weight is 394 g/mol. The normalized spacial score (nSPS) is 19.1. The van der Waals surface area contributed by atoms with Crippen LogP contribution in [0.3, 0.4) is 0 Å². The third kappa shape index (κ3) is 4.87. The molecule has 1 saturated heterocycles. The Hall–Kier alpha value is -3.04. The van der Waals surface area contributed by atoms with Gasteiger partial charge in [0.1, 0.15) is 18.0 Å². The second-order valence-electron chi connectivity index (χ2n) is 7.59. The lowest BCUT2D eigenvalue weighted by molar-refractivity contribution is 0.191. The number of hydrogen-bond donors (Lipinski definition) is 2. The molecule has 1 fully saturated rings. The molecule has 0 radical (unpaired) electrons. The minimum Gasteiger partial charge on any atom is -0.391 e. The maximum atomic E-state index is 10.1. The molecule has 0 bridgehead atoms. The smallest absolute Gasteiger partial charge is 0.135 e. The minimum atomic E-state index is -0.337. The first-order valence-electron chi connectivity index (χ1n) is 9.67. The largest absolute Gasteiger partial charge is 0.391 e. The number of likely N-dealkylation sites (N-methyl/N-ethyl adjacent to an activating group) is 1. The summed E-state index contributed by atoms with van der Waals surface area (Å²) in [4.78, 5) is 17.4. The highest BCUT2D eigenvalue weighted by molar-refractivity contribution is 5.58. The molecule has 2 atom stereocenters. The Balaban J connectivity index is 1.45. The summed E-state index contributed by atoms with van der Waals surface area (Å²) in [7, 11) is 4.08. The first-order chi connectivity index (χ1) is 14.1. The van der Waals surface area contributed by atoms with Gasteiger partial charge in [-0.1, -0.05) is 6.07 Å². The van der Waals surface area contributed by atoms with Crippen LogP contribution in [0.5, 0.6) is 0 Å². The van der Waals surface area contributed by atoms with Gasteiger partial charge in [-0.05, 0) is 32.6 Å². The quantitative estimate of drug-likeness (QED) is 0.620. The molecule has 3 aromatic rings. The van der Waals surface area contributed by atoms with E-state index in [1.165, 1.54) is 0 Å². The van der Waals surface area contributed by atoms with E-state index in [1.807, 2.05) is 49.2 Å². The molecule has 152 valence electrons. The number of nitrogens with zero attached hydrogens (tertiary/aromatic N) is 7. The molecule has 1 aliphatic heterocycles. The van der Waals surface area contributed by atoms with Crippen LogP contribution in [-0.2, 0) is 6.54 Å². The molecule has 0 amide bonds. The highest BCUT2D eigenvalue weighted by atomic mass is 16.3. The number of aromatic nitrogens is 5. The molecule has 2 N–H and O–H groups in total. The maximum absolute atomic E-state index is 10.1. The van der Waals surface area contributed by atoms with Crippen LogP contribution in [0.25, 0.3) is 0 Å². The van der Waals surface area contributed by atoms with Crippen molar-refractivity contribution in [1.29, 1.82) is 0 Å². The molecule has 4 rings (SSSR count). The Labute approximate surface area is 170 Å². The van der Waals surface area contributed by atoms with Crippen molar-refractivity contribution >= 4 is 17.3 Å². The van der Waals surface area contributed by atoms with E-state index in [4.69, 9.17) is 0 Å². The molecular weight excluding hydrogens is 368 g/mol. The number of aliphatic hydroxyl groups excluding tert-OH is 1. The van der Waals surface area contributed by atoms with Crippen molar-refractivity contribution in [3.63, 3.8) is 0 Å². The fourth-order valence-electron chi connectivity index (χ4n) is 3.66. The van der Waals surface area contributed by atoms with Crippen molar-refractivity contribution in [1.82, 2.24) is 29.6 Å². The van der Waals surface area contributed by atoms with E-state index in [0.717, 1.165) is 30.2 Å². The van der Waals surface area contributed by atoms with E-state index >= 15 is 0 Å². The zero-order valence-electron chi connectivity index (χ0n) is 16.7. The second-order valence-corrected chi connectivity index (χ2v) is 7.59. The third-order valence-electron chi connectivity index (χ3n) is 4.87. The predicted octanol–water partition coefficient (Wildman–Crippen LogP) is 1.36. The fraction of sp³-hybridized carbons (Fsp3) is 0.400. The Kier molecular flexibility index (Phi) is 5.68. The maximum Gasteiger partial charge on any atom is 0.135 e. The summed E-state index contributed by atoms with van der Waals surface area (Å²) >= 11 is 0. The van der Waals surface area contributed by atoms with E-state index in [9.17, 15) is 5.11 Å². The molecular formula is C20H26N8O. The Morgan fingerprint density at radius 2 is 2.14 bits per heavy atom. The van der Waals surface area contributed by atoms with E-state index in [-0.39, 0.29) is 12.1 Å². The van der Waals surface area contributed by atoms with Gasteiger partial charge in [-0.3, -0.25) is 9.67 Å². The highest BCUT2D eigenvalue weighted by Crippen LogP contribution is 2.26. The van der Waals surface area contributed by atoms with Crippen molar-refractivity contribution in [2.75, 3.05) is 37.4 Å². The Morgan fingerprint density at radius 3 is 2.93 bits per heavy atom. The molecule has 3 aromatic heterocycles. The average Bonchev–Trinajstić information content (AvgIpc) is 3.28. The monoisotopic (exact) mass is 394 g/mol. The molecule has 9 nitrogen and oxygen atoms in total. The van der Waals surface area contributed by atoms with Crippen molar-refractivity contribution in [3.05, 3.63) is 54.9 Å². The molecule has 0 aliphatic carbocycles. The number of anilines is 3. The summed E-state index contributed by atoms with van der Waals surface area (Å²) in [6.45, 7) is 2.05. The van der Waals surface area contributed by atoms with E-state index < -0.39 is 0 Å². The molecule has 0 aromatic carbocycles. The summed E-state index contributed by atoms with van der Waals surface area (Å²) in [6, 6.07) is 7.97. The van der Waals surface area contributed by atoms with Gasteiger partial charge in [-0.2, -0.15) is 5.10 Å². The van der Waals surface area contributed by atoms with Gasteiger partial charge in [-0.15, -0.1) is 0 Å². The lowest BCUT2D eigenvalue weighted by Crippen LogP contribution is -2.38. The van der Waals surface area contributed by atoms with Crippen LogP contribution < -0.4 is 10.2 Å². The minimum absolute atomic E-state index is 0.226. The Bertz CT molecular complexity index is 929. The van der Waals surface area contributed by atoms with Gasteiger partial charge in [0.2, 0.25) is 0 Å². The number of β-amino-alcohol motifs (C(OH)–C–C–N with tert-alkyl or cyclic N) is 1. The van der Waals surface area contributed by atoms with Crippen LogP contribution in [0.15, 0.2) is 49.2 Å². The van der Waals surface area contributed by atoms with Crippen LogP contribution >= 0.6 is 0 Å². The third-order valence-corrected chi connectivity index (χ3v) is 4.87. The lowest BCUT2D eigenvalue weighted by Gasteiger charge is -2.27. The van der Waals surface area contributed by atoms with Gasteiger partial charge in [-0.25, -0.2) is 9.97 Å². The second kappa shape index (κ2) is 8.54. The number of pyridine rings is 1. The molecule has 0 unspecified atom stereocenters. The first kappa shape index (κ1) is 19.3. The van der Waals surface area contributed by atoms with Crippen molar-refractivity contribution in [2.45, 2.75) is 25.1 Å². The Morgan fingerprint density at radius 1 is 1.24 bits per heavy atom. The molecule has 1 aliphatic rings. The topological polar surface area (TPSA) is 95.2 Å². The lowest BCUT2D eigenvalue weighted by atomic mass is 10.2.